The number of esters is 2. The summed E-state index contributed by atoms with van der Waals surface area (Å²) in [6.07, 6.45) is 0.699. The Kier molecular flexibility index (Phi) is 2.44. The predicted octanol–water partition coefficient (Wildman–Crippen LogP) is 0.743. The van der Waals surface area contributed by atoms with Crippen molar-refractivity contribution in [3.8, 4) is 0 Å². The minimum absolute atomic E-state index is 0.269. The van der Waals surface area contributed by atoms with Crippen LogP contribution in [0.4, 0.5) is 0 Å². The van der Waals surface area contributed by atoms with Gasteiger partial charge in [0.05, 0.1) is 5.41 Å². The molecular formula is C11H14BrNO4. The molecule has 2 aliphatic rings. The lowest BCUT2D eigenvalue weighted by Gasteiger charge is -2.48. The number of ether oxygens (including phenoxy) is 1. The van der Waals surface area contributed by atoms with Crippen LogP contribution < -0.4 is 5.73 Å². The average Bonchev–Trinajstić information content (AvgIpc) is 2.38. The maximum atomic E-state index is 12.0. The third-order valence-corrected chi connectivity index (χ3v) is 5.72. The molecule has 2 atom stereocenters. The lowest BCUT2D eigenvalue weighted by atomic mass is 9.57. The van der Waals surface area contributed by atoms with Gasteiger partial charge in [-0.05, 0) is 12.8 Å². The van der Waals surface area contributed by atoms with E-state index in [-0.39, 0.29) is 6.42 Å². The third-order valence-electron chi connectivity index (χ3n) is 4.76. The first-order valence-electron chi connectivity index (χ1n) is 5.39. The van der Waals surface area contributed by atoms with Crippen molar-refractivity contribution in [1.29, 1.82) is 0 Å². The zero-order valence-corrected chi connectivity index (χ0v) is 11.3. The minimum atomic E-state index is -1.38. The summed E-state index contributed by atoms with van der Waals surface area (Å²) < 4.78 is 4.76. The highest BCUT2D eigenvalue weighted by Gasteiger charge is 2.76. The standard InChI is InChI=1S/C11H14BrNO4/c1-9(2)10(5-12)3-4-11(9,6(13)14)8(16)17-7(10)15/h3-5H2,1-2H3,(H2,13,14)/t10-,11-/m1/s1. The van der Waals surface area contributed by atoms with Crippen LogP contribution in [0.25, 0.3) is 0 Å². The Labute approximate surface area is 107 Å². The number of carbonyl (C=O) groups is 3. The molecule has 6 heteroatoms. The zero-order chi connectivity index (χ0) is 13.1. The highest BCUT2D eigenvalue weighted by atomic mass is 79.9. The van der Waals surface area contributed by atoms with E-state index >= 15 is 0 Å². The van der Waals surface area contributed by atoms with Gasteiger partial charge in [-0.1, -0.05) is 29.8 Å². The SMILES string of the molecule is CC1(C)[C@@]2(CBr)CC[C@@]1(C(N)=O)C(=O)OC2=O. The number of hydrogen-bond donors (Lipinski definition) is 1. The Bertz CT molecular complexity index is 433. The quantitative estimate of drug-likeness (QED) is 0.463. The van der Waals surface area contributed by atoms with Gasteiger partial charge in [-0.2, -0.15) is 0 Å². The lowest BCUT2D eigenvalue weighted by molar-refractivity contribution is -0.195. The molecule has 94 valence electrons. The molecule has 0 radical (unpaired) electrons. The minimum Gasteiger partial charge on any atom is -0.392 e. The molecule has 0 aromatic rings. The number of alkyl halides is 1. The molecule has 2 fully saturated rings. The highest BCUT2D eigenvalue weighted by molar-refractivity contribution is 9.09. The Hall–Kier alpha value is -0.910. The molecule has 1 saturated heterocycles. The maximum absolute atomic E-state index is 12.0. The van der Waals surface area contributed by atoms with Crippen molar-refractivity contribution >= 4 is 33.8 Å². The Morgan fingerprint density at radius 2 is 1.94 bits per heavy atom. The first kappa shape index (κ1) is 12.5. The second kappa shape index (κ2) is 3.31. The molecule has 5 nitrogen and oxygen atoms in total. The van der Waals surface area contributed by atoms with E-state index in [9.17, 15) is 14.4 Å². The highest BCUT2D eigenvalue weighted by Crippen LogP contribution is 2.66. The van der Waals surface area contributed by atoms with E-state index in [1.807, 2.05) is 0 Å². The molecule has 1 aliphatic heterocycles. The monoisotopic (exact) mass is 303 g/mol. The summed E-state index contributed by atoms with van der Waals surface area (Å²) in [5.41, 5.74) is 2.33. The molecule has 0 aromatic carbocycles. The van der Waals surface area contributed by atoms with E-state index in [2.05, 4.69) is 15.9 Å². The fraction of sp³-hybridized carbons (Fsp3) is 0.727. The van der Waals surface area contributed by atoms with Gasteiger partial charge < -0.3 is 10.5 Å². The predicted molar refractivity (Wildman–Crippen MR) is 62.0 cm³/mol. The number of carbonyl (C=O) groups excluding carboxylic acids is 3. The Balaban J connectivity index is 2.69. The van der Waals surface area contributed by atoms with Crippen molar-refractivity contribution in [2.75, 3.05) is 5.33 Å². The van der Waals surface area contributed by atoms with Crippen LogP contribution in [-0.2, 0) is 19.1 Å². The van der Waals surface area contributed by atoms with Crippen LogP contribution in [-0.4, -0.2) is 23.2 Å². The summed E-state index contributed by atoms with van der Waals surface area (Å²) in [5, 5.41) is 0.355. The second-order valence-electron chi connectivity index (χ2n) is 5.29. The summed E-state index contributed by atoms with van der Waals surface area (Å²) in [5.74, 6) is -2.06. The van der Waals surface area contributed by atoms with Gasteiger partial charge in [-0.15, -0.1) is 0 Å². The van der Waals surface area contributed by atoms with Gasteiger partial charge in [0, 0.05) is 10.7 Å². The summed E-state index contributed by atoms with van der Waals surface area (Å²) >= 11 is 3.30. The number of nitrogens with two attached hydrogens (primary N) is 1. The van der Waals surface area contributed by atoms with E-state index in [4.69, 9.17) is 10.5 Å². The van der Waals surface area contributed by atoms with Crippen molar-refractivity contribution in [3.05, 3.63) is 0 Å². The Morgan fingerprint density at radius 3 is 2.41 bits per heavy atom. The number of hydrogen-bond acceptors (Lipinski definition) is 4. The van der Waals surface area contributed by atoms with Crippen LogP contribution in [0.5, 0.6) is 0 Å². The molecule has 1 saturated carbocycles. The smallest absolute Gasteiger partial charge is 0.329 e. The van der Waals surface area contributed by atoms with Crippen molar-refractivity contribution < 1.29 is 19.1 Å². The largest absolute Gasteiger partial charge is 0.392 e. The fourth-order valence-electron chi connectivity index (χ4n) is 3.24. The van der Waals surface area contributed by atoms with Crippen LogP contribution in [0.15, 0.2) is 0 Å². The van der Waals surface area contributed by atoms with E-state index < -0.39 is 34.1 Å². The van der Waals surface area contributed by atoms with Gasteiger partial charge in [0.15, 0.2) is 5.41 Å². The molecule has 0 unspecified atom stereocenters. The van der Waals surface area contributed by atoms with Crippen molar-refractivity contribution in [3.63, 3.8) is 0 Å². The lowest BCUT2D eigenvalue weighted by Crippen LogP contribution is -2.62. The Morgan fingerprint density at radius 1 is 1.35 bits per heavy atom. The van der Waals surface area contributed by atoms with E-state index in [1.165, 1.54) is 0 Å². The van der Waals surface area contributed by atoms with Crippen LogP contribution in [0.1, 0.15) is 26.7 Å². The van der Waals surface area contributed by atoms with Crippen LogP contribution in [0.2, 0.25) is 0 Å². The maximum Gasteiger partial charge on any atom is 0.329 e. The number of primary amides is 1. The first-order chi connectivity index (χ1) is 7.76. The summed E-state index contributed by atoms with van der Waals surface area (Å²) in [6, 6.07) is 0. The second-order valence-corrected chi connectivity index (χ2v) is 5.85. The molecule has 1 heterocycles. The summed E-state index contributed by atoms with van der Waals surface area (Å²) in [6.45, 7) is 3.48. The third kappa shape index (κ3) is 1.07. The van der Waals surface area contributed by atoms with Crippen LogP contribution >= 0.6 is 15.9 Å². The number of cyclic esters (lactones) is 2. The number of rotatable bonds is 2. The van der Waals surface area contributed by atoms with Crippen molar-refractivity contribution in [1.82, 2.24) is 0 Å². The molecule has 2 bridgehead atoms. The number of amides is 1. The number of fused-ring (bicyclic) bond motifs is 2. The normalized spacial score (nSPS) is 39.0. The molecule has 0 spiro atoms. The van der Waals surface area contributed by atoms with E-state index in [0.717, 1.165) is 0 Å². The van der Waals surface area contributed by atoms with Gasteiger partial charge in [0.25, 0.3) is 0 Å². The van der Waals surface area contributed by atoms with E-state index in [0.29, 0.717) is 11.8 Å². The topological polar surface area (TPSA) is 86.5 Å². The van der Waals surface area contributed by atoms with Gasteiger partial charge in [0.1, 0.15) is 0 Å². The van der Waals surface area contributed by atoms with Crippen LogP contribution in [0, 0.1) is 16.2 Å². The van der Waals surface area contributed by atoms with Gasteiger partial charge in [-0.3, -0.25) is 14.4 Å². The van der Waals surface area contributed by atoms with Gasteiger partial charge in [0.2, 0.25) is 5.91 Å². The average molecular weight is 304 g/mol. The molecule has 2 N–H and O–H groups in total. The zero-order valence-electron chi connectivity index (χ0n) is 9.71. The fourth-order valence-corrected chi connectivity index (χ4v) is 4.45. The van der Waals surface area contributed by atoms with E-state index in [1.54, 1.807) is 13.8 Å². The van der Waals surface area contributed by atoms with Crippen molar-refractivity contribution in [2.24, 2.45) is 22.0 Å². The molecule has 1 amide bonds. The summed E-state index contributed by atoms with van der Waals surface area (Å²) in [7, 11) is 0. The number of halogens is 1. The molecular weight excluding hydrogens is 290 g/mol. The van der Waals surface area contributed by atoms with Gasteiger partial charge in [-0.25, -0.2) is 0 Å². The molecule has 2 rings (SSSR count). The van der Waals surface area contributed by atoms with Crippen LogP contribution in [0.3, 0.4) is 0 Å². The van der Waals surface area contributed by atoms with Crippen molar-refractivity contribution in [2.45, 2.75) is 26.7 Å². The summed E-state index contributed by atoms with van der Waals surface area (Å²) in [4.78, 5) is 35.6. The molecule has 17 heavy (non-hydrogen) atoms. The first-order valence-corrected chi connectivity index (χ1v) is 6.51. The van der Waals surface area contributed by atoms with Gasteiger partial charge >= 0.3 is 11.9 Å². The molecule has 0 aromatic heterocycles. The molecule has 1 aliphatic carbocycles.